The lowest BCUT2D eigenvalue weighted by atomic mass is 10.1. The molecule has 28 heavy (non-hydrogen) atoms. The maximum absolute atomic E-state index is 13.1. The standard InChI is InChI=1S/C19H24N4O5/c1-5-8-17(21-6-2)22(12-11-18(24)28-7-3)19(25)14-9-10-15(20-4)16(13-14)23(26)27/h5-6,8-10,13,20H,1,7,11-12H2,2-4H3/b17-8+,21-6-. The van der Waals surface area contributed by atoms with Crippen molar-refractivity contribution in [2.24, 2.45) is 4.99 Å². The van der Waals surface area contributed by atoms with Crippen molar-refractivity contribution in [2.45, 2.75) is 20.3 Å². The molecule has 0 atom stereocenters. The van der Waals surface area contributed by atoms with Gasteiger partial charge in [-0.15, -0.1) is 0 Å². The first-order valence-electron chi connectivity index (χ1n) is 8.64. The molecule has 1 aromatic carbocycles. The van der Waals surface area contributed by atoms with Gasteiger partial charge < -0.3 is 10.1 Å². The third-order valence-corrected chi connectivity index (χ3v) is 3.61. The van der Waals surface area contributed by atoms with Crippen molar-refractivity contribution in [3.05, 3.63) is 58.4 Å². The molecular weight excluding hydrogens is 364 g/mol. The van der Waals surface area contributed by atoms with Crippen LogP contribution in [-0.4, -0.2) is 48.1 Å². The maximum Gasteiger partial charge on any atom is 0.307 e. The fourth-order valence-corrected chi connectivity index (χ4v) is 2.38. The highest BCUT2D eigenvalue weighted by Crippen LogP contribution is 2.26. The van der Waals surface area contributed by atoms with Crippen LogP contribution in [0.4, 0.5) is 11.4 Å². The van der Waals surface area contributed by atoms with E-state index in [0.717, 1.165) is 0 Å². The van der Waals surface area contributed by atoms with Gasteiger partial charge in [-0.1, -0.05) is 12.7 Å². The van der Waals surface area contributed by atoms with Crippen LogP contribution in [0.25, 0.3) is 0 Å². The number of hydrogen-bond donors (Lipinski definition) is 1. The van der Waals surface area contributed by atoms with Crippen molar-refractivity contribution >= 4 is 29.5 Å². The Hall–Kier alpha value is -3.49. The molecule has 0 spiro atoms. The number of allylic oxidation sites excluding steroid dienone is 2. The smallest absolute Gasteiger partial charge is 0.307 e. The van der Waals surface area contributed by atoms with Gasteiger partial charge in [0.25, 0.3) is 11.6 Å². The van der Waals surface area contributed by atoms with Gasteiger partial charge in [-0.3, -0.25) is 24.6 Å². The molecule has 0 radical (unpaired) electrons. The maximum atomic E-state index is 13.1. The zero-order valence-electron chi connectivity index (χ0n) is 16.2. The minimum absolute atomic E-state index is 0.00371. The van der Waals surface area contributed by atoms with Crippen LogP contribution < -0.4 is 5.32 Å². The van der Waals surface area contributed by atoms with Crippen molar-refractivity contribution in [2.75, 3.05) is 25.5 Å². The summed E-state index contributed by atoms with van der Waals surface area (Å²) in [5, 5.41) is 14.0. The monoisotopic (exact) mass is 388 g/mol. The van der Waals surface area contributed by atoms with E-state index in [1.54, 1.807) is 20.9 Å². The summed E-state index contributed by atoms with van der Waals surface area (Å²) in [5.74, 6) is -0.740. The molecule has 150 valence electrons. The second kappa shape index (κ2) is 11.3. The molecular formula is C19H24N4O5. The highest BCUT2D eigenvalue weighted by molar-refractivity contribution is 5.97. The molecule has 9 nitrogen and oxygen atoms in total. The summed E-state index contributed by atoms with van der Waals surface area (Å²) in [4.78, 5) is 40.9. The second-order valence-electron chi connectivity index (χ2n) is 5.40. The van der Waals surface area contributed by atoms with E-state index in [9.17, 15) is 19.7 Å². The Morgan fingerprint density at radius 1 is 1.43 bits per heavy atom. The molecule has 0 saturated carbocycles. The van der Waals surface area contributed by atoms with Gasteiger partial charge >= 0.3 is 5.97 Å². The Bertz CT molecular complexity index is 802. The minimum atomic E-state index is -0.573. The molecule has 1 N–H and O–H groups in total. The van der Waals surface area contributed by atoms with Crippen molar-refractivity contribution in [3.8, 4) is 0 Å². The lowest BCUT2D eigenvalue weighted by Gasteiger charge is -2.22. The van der Waals surface area contributed by atoms with E-state index >= 15 is 0 Å². The number of nitro benzene ring substituents is 1. The van der Waals surface area contributed by atoms with Crippen molar-refractivity contribution in [1.82, 2.24) is 4.90 Å². The predicted molar refractivity (Wildman–Crippen MR) is 107 cm³/mol. The van der Waals surface area contributed by atoms with Gasteiger partial charge in [0, 0.05) is 31.4 Å². The number of amides is 1. The number of benzene rings is 1. The van der Waals surface area contributed by atoms with E-state index < -0.39 is 16.8 Å². The topological polar surface area (TPSA) is 114 Å². The Kier molecular flexibility index (Phi) is 9.08. The lowest BCUT2D eigenvalue weighted by molar-refractivity contribution is -0.384. The molecule has 0 heterocycles. The van der Waals surface area contributed by atoms with E-state index in [-0.39, 0.29) is 42.3 Å². The van der Waals surface area contributed by atoms with Crippen LogP contribution in [0.15, 0.2) is 47.7 Å². The van der Waals surface area contributed by atoms with Crippen molar-refractivity contribution in [3.63, 3.8) is 0 Å². The number of nitrogens with one attached hydrogen (secondary N) is 1. The highest BCUT2D eigenvalue weighted by atomic mass is 16.6. The second-order valence-corrected chi connectivity index (χ2v) is 5.40. The average molecular weight is 388 g/mol. The number of rotatable bonds is 10. The van der Waals surface area contributed by atoms with Crippen LogP contribution >= 0.6 is 0 Å². The van der Waals surface area contributed by atoms with Crippen LogP contribution in [0.1, 0.15) is 30.6 Å². The number of carbonyl (C=O) groups excluding carboxylic acids is 2. The van der Waals surface area contributed by atoms with Crippen LogP contribution in [0.3, 0.4) is 0 Å². The third kappa shape index (κ3) is 6.04. The zero-order chi connectivity index (χ0) is 21.1. The number of carbonyl (C=O) groups is 2. The number of nitrogens with zero attached hydrogens (tertiary/aromatic N) is 3. The fourth-order valence-electron chi connectivity index (χ4n) is 2.38. The van der Waals surface area contributed by atoms with E-state index in [4.69, 9.17) is 4.74 Å². The van der Waals surface area contributed by atoms with Gasteiger partial charge in [0.1, 0.15) is 11.5 Å². The van der Waals surface area contributed by atoms with E-state index in [1.165, 1.54) is 41.5 Å². The quantitative estimate of drug-likeness (QED) is 0.216. The first-order valence-corrected chi connectivity index (χ1v) is 8.64. The normalized spacial score (nSPS) is 11.2. The first-order chi connectivity index (χ1) is 13.4. The van der Waals surface area contributed by atoms with Crippen LogP contribution in [0, 0.1) is 10.1 Å². The summed E-state index contributed by atoms with van der Waals surface area (Å²) in [6.07, 6.45) is 4.41. The molecule has 0 saturated heterocycles. The Balaban J connectivity index is 3.31. The van der Waals surface area contributed by atoms with Crippen LogP contribution in [0.5, 0.6) is 0 Å². The summed E-state index contributed by atoms with van der Waals surface area (Å²) in [6, 6.07) is 4.11. The van der Waals surface area contributed by atoms with Gasteiger partial charge in [-0.2, -0.15) is 0 Å². The molecule has 9 heteroatoms. The summed E-state index contributed by atoms with van der Waals surface area (Å²) in [7, 11) is 1.55. The summed E-state index contributed by atoms with van der Waals surface area (Å²) in [5.41, 5.74) is 0.149. The number of aliphatic imine (C=N–C) groups is 1. The molecule has 0 aliphatic rings. The largest absolute Gasteiger partial charge is 0.466 e. The summed E-state index contributed by atoms with van der Waals surface area (Å²) in [6.45, 7) is 7.20. The van der Waals surface area contributed by atoms with Gasteiger partial charge in [0.2, 0.25) is 0 Å². The number of nitro groups is 1. The Labute approximate surface area is 163 Å². The van der Waals surface area contributed by atoms with Gasteiger partial charge in [-0.05, 0) is 32.1 Å². The van der Waals surface area contributed by atoms with Gasteiger partial charge in [0.05, 0.1) is 18.0 Å². The molecule has 0 unspecified atom stereocenters. The van der Waals surface area contributed by atoms with E-state index in [2.05, 4.69) is 16.9 Å². The highest BCUT2D eigenvalue weighted by Gasteiger charge is 2.24. The molecule has 0 fully saturated rings. The predicted octanol–water partition coefficient (Wildman–Crippen LogP) is 3.15. The van der Waals surface area contributed by atoms with Crippen LogP contribution in [-0.2, 0) is 9.53 Å². The number of ether oxygens (including phenoxy) is 1. The fraction of sp³-hybridized carbons (Fsp3) is 0.316. The molecule has 1 aromatic rings. The van der Waals surface area contributed by atoms with Crippen molar-refractivity contribution in [1.29, 1.82) is 0 Å². The first kappa shape index (κ1) is 22.6. The third-order valence-electron chi connectivity index (χ3n) is 3.61. The Morgan fingerprint density at radius 3 is 2.68 bits per heavy atom. The minimum Gasteiger partial charge on any atom is -0.466 e. The number of anilines is 1. The summed E-state index contributed by atoms with van der Waals surface area (Å²) < 4.78 is 4.91. The molecule has 0 aliphatic carbocycles. The average Bonchev–Trinajstić information content (AvgIpc) is 2.67. The van der Waals surface area contributed by atoms with E-state index in [1.807, 2.05) is 0 Å². The lowest BCUT2D eigenvalue weighted by Crippen LogP contribution is -2.32. The molecule has 1 amide bonds. The zero-order valence-corrected chi connectivity index (χ0v) is 16.2. The molecule has 0 aliphatic heterocycles. The Morgan fingerprint density at radius 2 is 2.14 bits per heavy atom. The summed E-state index contributed by atoms with van der Waals surface area (Å²) >= 11 is 0. The molecule has 1 rings (SSSR count). The van der Waals surface area contributed by atoms with Gasteiger partial charge in [-0.25, -0.2) is 4.99 Å². The van der Waals surface area contributed by atoms with Crippen LogP contribution in [0.2, 0.25) is 0 Å². The van der Waals surface area contributed by atoms with Gasteiger partial charge in [0.15, 0.2) is 0 Å². The van der Waals surface area contributed by atoms with E-state index in [0.29, 0.717) is 0 Å². The number of esters is 1. The molecule has 0 bridgehead atoms. The molecule has 0 aromatic heterocycles. The number of hydrogen-bond acceptors (Lipinski definition) is 7. The SMILES string of the molecule is C=C/C=C(\N=C/C)N(CCC(=O)OCC)C(=O)c1ccc(NC)c([N+](=O)[O-])c1. The van der Waals surface area contributed by atoms with Crippen molar-refractivity contribution < 1.29 is 19.2 Å².